The van der Waals surface area contributed by atoms with E-state index in [0.29, 0.717) is 0 Å². The van der Waals surface area contributed by atoms with Crippen molar-refractivity contribution in [2.24, 2.45) is 0 Å². The number of methoxy groups -OCH3 is 1. The van der Waals surface area contributed by atoms with E-state index in [-0.39, 0.29) is 5.52 Å². The van der Waals surface area contributed by atoms with Crippen LogP contribution in [0.1, 0.15) is 10.4 Å². The molecule has 2 heterocycles. The van der Waals surface area contributed by atoms with Crippen LogP contribution < -0.4 is 5.56 Å². The lowest BCUT2D eigenvalue weighted by Gasteiger charge is -1.94. The number of aromatic nitrogens is 4. The highest BCUT2D eigenvalue weighted by Crippen LogP contribution is 2.10. The number of halogens is 1. The van der Waals surface area contributed by atoms with E-state index in [1.165, 1.54) is 0 Å². The average Bonchev–Trinajstić information content (AvgIpc) is 2.55. The van der Waals surface area contributed by atoms with Gasteiger partial charge in [0.15, 0.2) is 5.52 Å². The molecule has 2 aromatic heterocycles. The van der Waals surface area contributed by atoms with Crippen LogP contribution in [0.15, 0.2) is 11.1 Å². The molecule has 15 heavy (non-hydrogen) atoms. The van der Waals surface area contributed by atoms with E-state index in [1.807, 2.05) is 0 Å². The van der Waals surface area contributed by atoms with Gasteiger partial charge in [0.2, 0.25) is 5.95 Å². The molecule has 0 saturated carbocycles. The van der Waals surface area contributed by atoms with Gasteiger partial charge in [0.05, 0.1) is 7.11 Å². The van der Waals surface area contributed by atoms with Gasteiger partial charge in [0, 0.05) is 0 Å². The molecule has 0 atom stereocenters. The van der Waals surface area contributed by atoms with Crippen molar-refractivity contribution >= 4 is 11.5 Å². The number of hydrogen-bond donors (Lipinski definition) is 1. The van der Waals surface area contributed by atoms with Gasteiger partial charge in [-0.05, 0) is 0 Å². The molecule has 0 fully saturated rings. The van der Waals surface area contributed by atoms with Crippen molar-refractivity contribution in [3.05, 3.63) is 28.2 Å². The first-order valence-electron chi connectivity index (χ1n) is 3.85. The van der Waals surface area contributed by atoms with Gasteiger partial charge in [-0.2, -0.15) is 4.39 Å². The Kier molecular flexibility index (Phi) is 1.96. The third-order valence-corrected chi connectivity index (χ3v) is 1.79. The molecule has 0 radical (unpaired) electrons. The largest absolute Gasteiger partial charge is 0.465 e. The van der Waals surface area contributed by atoms with Crippen molar-refractivity contribution in [3.63, 3.8) is 0 Å². The minimum atomic E-state index is -1.09. The Bertz CT molecular complexity index is 587. The summed E-state index contributed by atoms with van der Waals surface area (Å²) >= 11 is 0. The quantitative estimate of drug-likeness (QED) is 0.634. The lowest BCUT2D eigenvalue weighted by Crippen LogP contribution is -2.14. The van der Waals surface area contributed by atoms with Crippen LogP contribution in [0.2, 0.25) is 0 Å². The minimum Gasteiger partial charge on any atom is -0.465 e. The molecular formula is C7H5FN4O3. The van der Waals surface area contributed by atoms with E-state index in [9.17, 15) is 14.0 Å². The van der Waals surface area contributed by atoms with Crippen molar-refractivity contribution in [2.75, 3.05) is 7.11 Å². The van der Waals surface area contributed by atoms with Crippen LogP contribution in [0, 0.1) is 5.95 Å². The van der Waals surface area contributed by atoms with Crippen LogP contribution in [-0.4, -0.2) is 32.9 Å². The number of esters is 1. The molecular weight excluding hydrogens is 207 g/mol. The second-order valence-corrected chi connectivity index (χ2v) is 2.61. The maximum atomic E-state index is 13.2. The molecule has 0 spiro atoms. The first-order chi connectivity index (χ1) is 7.15. The number of fused-ring (bicyclic) bond motifs is 1. The highest BCUT2D eigenvalue weighted by molar-refractivity contribution is 5.96. The predicted octanol–water partition coefficient (Wildman–Crippen LogP) is -0.657. The second-order valence-electron chi connectivity index (χ2n) is 2.61. The number of aromatic amines is 1. The summed E-state index contributed by atoms with van der Waals surface area (Å²) in [7, 11) is 1.08. The summed E-state index contributed by atoms with van der Waals surface area (Å²) in [5.74, 6) is -2.06. The van der Waals surface area contributed by atoms with Crippen LogP contribution in [0.25, 0.3) is 5.52 Å². The van der Waals surface area contributed by atoms with Gasteiger partial charge in [-0.25, -0.2) is 4.79 Å². The third-order valence-electron chi connectivity index (χ3n) is 1.79. The van der Waals surface area contributed by atoms with Gasteiger partial charge in [0.25, 0.3) is 5.56 Å². The molecule has 0 aliphatic heterocycles. The standard InChI is InChI=1S/C7H5FN4O3/c1-15-7(14)3-4-6(13)9-2-10-12(4)11-5(3)8/h2H,1H3,(H,9,10,13). The Morgan fingerprint density at radius 2 is 2.40 bits per heavy atom. The second kappa shape index (κ2) is 3.15. The molecule has 1 N–H and O–H groups in total. The zero-order valence-corrected chi connectivity index (χ0v) is 7.52. The van der Waals surface area contributed by atoms with E-state index in [1.54, 1.807) is 0 Å². The number of nitrogens with one attached hydrogen (secondary N) is 1. The third kappa shape index (κ3) is 1.26. The summed E-state index contributed by atoms with van der Waals surface area (Å²) in [6.07, 6.45) is 1.04. The number of H-pyrrole nitrogens is 1. The fraction of sp³-hybridized carbons (Fsp3) is 0.143. The van der Waals surface area contributed by atoms with Crippen LogP contribution in [0.3, 0.4) is 0 Å². The molecule has 0 aromatic carbocycles. The Balaban J connectivity index is 2.89. The summed E-state index contributed by atoms with van der Waals surface area (Å²) < 4.78 is 18.3. The molecule has 0 saturated heterocycles. The molecule has 0 aliphatic carbocycles. The Hall–Kier alpha value is -2.25. The summed E-state index contributed by atoms with van der Waals surface area (Å²) in [5.41, 5.74) is -1.46. The highest BCUT2D eigenvalue weighted by atomic mass is 19.1. The molecule has 0 bridgehead atoms. The fourth-order valence-corrected chi connectivity index (χ4v) is 1.16. The molecule has 0 unspecified atom stereocenters. The van der Waals surface area contributed by atoms with Crippen molar-refractivity contribution in [1.29, 1.82) is 0 Å². The van der Waals surface area contributed by atoms with E-state index in [4.69, 9.17) is 0 Å². The monoisotopic (exact) mass is 212 g/mol. The average molecular weight is 212 g/mol. The Morgan fingerprint density at radius 3 is 3.07 bits per heavy atom. The van der Waals surface area contributed by atoms with Gasteiger partial charge in [-0.15, -0.1) is 14.8 Å². The first-order valence-corrected chi connectivity index (χ1v) is 3.85. The molecule has 78 valence electrons. The van der Waals surface area contributed by atoms with Gasteiger partial charge in [0.1, 0.15) is 11.9 Å². The molecule has 2 rings (SSSR count). The number of rotatable bonds is 1. The minimum absolute atomic E-state index is 0.276. The van der Waals surface area contributed by atoms with Crippen molar-refractivity contribution in [2.45, 2.75) is 0 Å². The lowest BCUT2D eigenvalue weighted by atomic mass is 10.3. The smallest absolute Gasteiger partial charge is 0.345 e. The number of ether oxygens (including phenoxy) is 1. The van der Waals surface area contributed by atoms with Gasteiger partial charge in [-0.1, -0.05) is 0 Å². The summed E-state index contributed by atoms with van der Waals surface area (Å²) in [5, 5.41) is 6.80. The normalized spacial score (nSPS) is 10.5. The van der Waals surface area contributed by atoms with Crippen LogP contribution in [-0.2, 0) is 4.74 Å². The number of nitrogens with zero attached hydrogens (tertiary/aromatic N) is 3. The van der Waals surface area contributed by atoms with Gasteiger partial charge in [-0.3, -0.25) is 4.79 Å². The molecule has 8 heteroatoms. The van der Waals surface area contributed by atoms with Gasteiger partial charge < -0.3 is 9.72 Å². The summed E-state index contributed by atoms with van der Waals surface area (Å²) in [6, 6.07) is 0. The zero-order valence-electron chi connectivity index (χ0n) is 7.52. The van der Waals surface area contributed by atoms with Crippen LogP contribution >= 0.6 is 0 Å². The molecule has 0 aliphatic rings. The van der Waals surface area contributed by atoms with Crippen LogP contribution in [0.4, 0.5) is 4.39 Å². The summed E-state index contributed by atoms with van der Waals surface area (Å²) in [4.78, 5) is 24.7. The Morgan fingerprint density at radius 1 is 1.67 bits per heavy atom. The van der Waals surface area contributed by atoms with Gasteiger partial charge >= 0.3 is 5.97 Å². The number of carbonyl (C=O) groups excluding carboxylic acids is 1. The van der Waals surface area contributed by atoms with Crippen molar-refractivity contribution < 1.29 is 13.9 Å². The van der Waals surface area contributed by atoms with Crippen molar-refractivity contribution in [3.8, 4) is 0 Å². The predicted molar refractivity (Wildman–Crippen MR) is 44.9 cm³/mol. The maximum Gasteiger partial charge on any atom is 0.345 e. The molecule has 2 aromatic rings. The highest BCUT2D eigenvalue weighted by Gasteiger charge is 2.23. The number of hydrogen-bond acceptors (Lipinski definition) is 5. The maximum absolute atomic E-state index is 13.2. The first kappa shape index (κ1) is 9.31. The van der Waals surface area contributed by atoms with Crippen molar-refractivity contribution in [1.82, 2.24) is 19.8 Å². The Labute approximate surface area is 81.5 Å². The zero-order chi connectivity index (χ0) is 11.0. The fourth-order valence-electron chi connectivity index (χ4n) is 1.16. The van der Waals surface area contributed by atoms with E-state index < -0.39 is 23.0 Å². The SMILES string of the molecule is COC(=O)c1c(F)nn2nc[nH]c(=O)c12. The molecule has 0 amide bonds. The van der Waals surface area contributed by atoms with E-state index in [2.05, 4.69) is 19.9 Å². The topological polar surface area (TPSA) is 89.3 Å². The van der Waals surface area contributed by atoms with E-state index in [0.717, 1.165) is 18.1 Å². The molecule has 7 nitrogen and oxygen atoms in total. The van der Waals surface area contributed by atoms with E-state index >= 15 is 0 Å². The van der Waals surface area contributed by atoms with Crippen LogP contribution in [0.5, 0.6) is 0 Å². The summed E-state index contributed by atoms with van der Waals surface area (Å²) in [6.45, 7) is 0. The number of carbonyl (C=O) groups is 1. The lowest BCUT2D eigenvalue weighted by molar-refractivity contribution is 0.0597.